The van der Waals surface area contributed by atoms with Crippen LogP contribution in [0.4, 0.5) is 0 Å². The fraction of sp³-hybridized carbons (Fsp3) is 0.500. The van der Waals surface area contributed by atoms with Crippen molar-refractivity contribution in [3.05, 3.63) is 27.5 Å². The van der Waals surface area contributed by atoms with Gasteiger partial charge in [-0.25, -0.2) is 4.98 Å². The van der Waals surface area contributed by atoms with E-state index in [0.29, 0.717) is 0 Å². The van der Waals surface area contributed by atoms with E-state index in [1.807, 2.05) is 6.20 Å². The molecule has 2 nitrogen and oxygen atoms in total. The molecule has 2 rings (SSSR count). The number of nitrogens with zero attached hydrogens (tertiary/aromatic N) is 1. The van der Waals surface area contributed by atoms with E-state index in [2.05, 4.69) is 20.9 Å². The van der Waals surface area contributed by atoms with Gasteiger partial charge >= 0.3 is 0 Å². The largest absolute Gasteiger partial charge is 0.392 e. The van der Waals surface area contributed by atoms with Gasteiger partial charge in [0.2, 0.25) is 0 Å². The third-order valence-electron chi connectivity index (χ3n) is 2.62. The number of hydrogen-bond acceptors (Lipinski definition) is 2. The Morgan fingerprint density at radius 3 is 2.92 bits per heavy atom. The van der Waals surface area contributed by atoms with Crippen molar-refractivity contribution in [3.8, 4) is 0 Å². The van der Waals surface area contributed by atoms with Crippen molar-refractivity contribution < 1.29 is 5.11 Å². The standard InChI is InChI=1S/C10H12BrNO/c11-10-9(6-13)8-4-2-1-3-7(8)5-12-10/h5,13H,1-4,6H2. The zero-order valence-electron chi connectivity index (χ0n) is 7.39. The molecular formula is C10H12BrNO. The SMILES string of the molecule is OCc1c(Br)ncc2c1CCCC2. The van der Waals surface area contributed by atoms with Gasteiger partial charge in [-0.2, -0.15) is 0 Å². The van der Waals surface area contributed by atoms with Crippen molar-refractivity contribution in [2.45, 2.75) is 32.3 Å². The van der Waals surface area contributed by atoms with Crippen LogP contribution >= 0.6 is 15.9 Å². The van der Waals surface area contributed by atoms with Crippen LogP contribution in [0.25, 0.3) is 0 Å². The number of fused-ring (bicyclic) bond motifs is 1. The average Bonchev–Trinajstić information content (AvgIpc) is 2.18. The maximum absolute atomic E-state index is 9.20. The lowest BCUT2D eigenvalue weighted by molar-refractivity contribution is 0.278. The second-order valence-electron chi connectivity index (χ2n) is 3.40. The van der Waals surface area contributed by atoms with Crippen LogP contribution in [0.1, 0.15) is 29.5 Å². The molecule has 1 aliphatic carbocycles. The van der Waals surface area contributed by atoms with E-state index >= 15 is 0 Å². The summed E-state index contributed by atoms with van der Waals surface area (Å²) in [5, 5.41) is 9.20. The third kappa shape index (κ3) is 1.63. The monoisotopic (exact) mass is 241 g/mol. The van der Waals surface area contributed by atoms with Crippen LogP contribution in [0.2, 0.25) is 0 Å². The molecule has 13 heavy (non-hydrogen) atoms. The lowest BCUT2D eigenvalue weighted by atomic mass is 9.90. The molecule has 70 valence electrons. The van der Waals surface area contributed by atoms with Crippen LogP contribution in [0.5, 0.6) is 0 Å². The molecule has 1 aromatic heterocycles. The van der Waals surface area contributed by atoms with Gasteiger partial charge in [0.15, 0.2) is 0 Å². The summed E-state index contributed by atoms with van der Waals surface area (Å²) in [6, 6.07) is 0. The van der Waals surface area contributed by atoms with Crippen LogP contribution in [0, 0.1) is 0 Å². The number of rotatable bonds is 1. The van der Waals surface area contributed by atoms with E-state index in [1.54, 1.807) is 0 Å². The van der Waals surface area contributed by atoms with Crippen molar-refractivity contribution in [2.75, 3.05) is 0 Å². The number of aryl methyl sites for hydroxylation is 1. The highest BCUT2D eigenvalue weighted by Gasteiger charge is 2.15. The van der Waals surface area contributed by atoms with Gasteiger partial charge in [-0.1, -0.05) is 0 Å². The molecule has 1 aliphatic rings. The molecule has 0 amide bonds. The molecule has 1 heterocycles. The summed E-state index contributed by atoms with van der Waals surface area (Å²) >= 11 is 3.36. The minimum absolute atomic E-state index is 0.0940. The van der Waals surface area contributed by atoms with Gasteiger partial charge in [0.1, 0.15) is 4.60 Å². The average molecular weight is 242 g/mol. The smallest absolute Gasteiger partial charge is 0.111 e. The Labute approximate surface area is 86.1 Å². The molecule has 0 aliphatic heterocycles. The maximum Gasteiger partial charge on any atom is 0.111 e. The van der Waals surface area contributed by atoms with Gasteiger partial charge in [0.05, 0.1) is 6.61 Å². The molecule has 0 aromatic carbocycles. The summed E-state index contributed by atoms with van der Waals surface area (Å²) in [4.78, 5) is 4.22. The predicted octanol–water partition coefficient (Wildman–Crippen LogP) is 2.22. The molecule has 0 radical (unpaired) electrons. The Balaban J connectivity index is 2.52. The van der Waals surface area contributed by atoms with Gasteiger partial charge in [-0.05, 0) is 52.7 Å². The first kappa shape index (κ1) is 9.16. The van der Waals surface area contributed by atoms with Crippen LogP contribution in [-0.2, 0) is 19.4 Å². The van der Waals surface area contributed by atoms with Gasteiger partial charge in [-0.15, -0.1) is 0 Å². The molecule has 1 N–H and O–H groups in total. The minimum atomic E-state index is 0.0940. The number of aliphatic hydroxyl groups is 1. The van der Waals surface area contributed by atoms with Crippen LogP contribution in [0.3, 0.4) is 0 Å². The van der Waals surface area contributed by atoms with Crippen LogP contribution in [-0.4, -0.2) is 10.1 Å². The Hall–Kier alpha value is -0.410. The lowest BCUT2D eigenvalue weighted by Gasteiger charge is -2.18. The van der Waals surface area contributed by atoms with Gasteiger partial charge < -0.3 is 5.11 Å². The summed E-state index contributed by atoms with van der Waals surface area (Å²) in [6.45, 7) is 0.0940. The van der Waals surface area contributed by atoms with Gasteiger partial charge in [0.25, 0.3) is 0 Å². The Bertz CT molecular complexity index is 325. The highest BCUT2D eigenvalue weighted by molar-refractivity contribution is 9.10. The fourth-order valence-corrected chi connectivity index (χ4v) is 2.38. The van der Waals surface area contributed by atoms with E-state index in [0.717, 1.165) is 23.0 Å². The molecule has 1 aromatic rings. The summed E-state index contributed by atoms with van der Waals surface area (Å²) in [6.07, 6.45) is 6.62. The molecule has 0 fully saturated rings. The molecule has 0 saturated carbocycles. The molecule has 3 heteroatoms. The first-order valence-corrected chi connectivity index (χ1v) is 5.38. The number of aromatic nitrogens is 1. The molecule has 0 atom stereocenters. The number of halogens is 1. The van der Waals surface area contributed by atoms with Crippen LogP contribution in [0.15, 0.2) is 10.8 Å². The first-order valence-electron chi connectivity index (χ1n) is 4.59. The maximum atomic E-state index is 9.20. The highest BCUT2D eigenvalue weighted by atomic mass is 79.9. The number of hydrogen-bond donors (Lipinski definition) is 1. The van der Waals surface area contributed by atoms with Crippen molar-refractivity contribution in [1.82, 2.24) is 4.98 Å². The minimum Gasteiger partial charge on any atom is -0.392 e. The zero-order valence-corrected chi connectivity index (χ0v) is 8.97. The Morgan fingerprint density at radius 1 is 1.38 bits per heavy atom. The normalized spacial score (nSPS) is 15.5. The summed E-state index contributed by atoms with van der Waals surface area (Å²) in [7, 11) is 0. The van der Waals surface area contributed by atoms with Crippen molar-refractivity contribution in [3.63, 3.8) is 0 Å². The van der Waals surface area contributed by atoms with Crippen LogP contribution < -0.4 is 0 Å². The second-order valence-corrected chi connectivity index (χ2v) is 4.15. The van der Waals surface area contributed by atoms with Crippen molar-refractivity contribution >= 4 is 15.9 Å². The highest BCUT2D eigenvalue weighted by Crippen LogP contribution is 2.27. The van der Waals surface area contributed by atoms with E-state index in [1.165, 1.54) is 24.0 Å². The van der Waals surface area contributed by atoms with E-state index in [-0.39, 0.29) is 6.61 Å². The first-order chi connectivity index (χ1) is 6.33. The summed E-state index contributed by atoms with van der Waals surface area (Å²) in [5.74, 6) is 0. The van der Waals surface area contributed by atoms with Crippen molar-refractivity contribution in [2.24, 2.45) is 0 Å². The van der Waals surface area contributed by atoms with Gasteiger partial charge in [-0.3, -0.25) is 0 Å². The van der Waals surface area contributed by atoms with Gasteiger partial charge in [0, 0.05) is 11.8 Å². The molecule has 0 saturated heterocycles. The third-order valence-corrected chi connectivity index (χ3v) is 3.30. The van der Waals surface area contributed by atoms with E-state index < -0.39 is 0 Å². The van der Waals surface area contributed by atoms with E-state index in [9.17, 15) is 5.11 Å². The summed E-state index contributed by atoms with van der Waals surface area (Å²) < 4.78 is 0.802. The lowest BCUT2D eigenvalue weighted by Crippen LogP contribution is -2.08. The molecular weight excluding hydrogens is 230 g/mol. The predicted molar refractivity (Wildman–Crippen MR) is 54.5 cm³/mol. The van der Waals surface area contributed by atoms with Crippen molar-refractivity contribution in [1.29, 1.82) is 0 Å². The fourth-order valence-electron chi connectivity index (χ4n) is 1.91. The molecule has 0 spiro atoms. The Morgan fingerprint density at radius 2 is 2.15 bits per heavy atom. The number of aliphatic hydroxyl groups excluding tert-OH is 1. The quantitative estimate of drug-likeness (QED) is 0.766. The molecule has 0 bridgehead atoms. The zero-order chi connectivity index (χ0) is 9.26. The molecule has 0 unspecified atom stereocenters. The summed E-state index contributed by atoms with van der Waals surface area (Å²) in [5.41, 5.74) is 3.62. The Kier molecular flexibility index (Phi) is 2.65. The number of pyridine rings is 1. The van der Waals surface area contributed by atoms with E-state index in [4.69, 9.17) is 0 Å². The second kappa shape index (κ2) is 3.76. The topological polar surface area (TPSA) is 33.1 Å².